The molecular weight excluding hydrogens is 302 g/mol. The molecule has 1 fully saturated rings. The molecular formula is C11H15N3O4S2. The number of benzene rings is 1. The Labute approximate surface area is 121 Å². The molecule has 1 saturated heterocycles. The Morgan fingerprint density at radius 2 is 2.20 bits per heavy atom. The summed E-state index contributed by atoms with van der Waals surface area (Å²) in [5, 5.41) is 11.1. The summed E-state index contributed by atoms with van der Waals surface area (Å²) >= 11 is 1.67. The van der Waals surface area contributed by atoms with Gasteiger partial charge in [-0.1, -0.05) is 6.07 Å². The topological polar surface area (TPSA) is 107 Å². The second-order valence-electron chi connectivity index (χ2n) is 4.49. The number of rotatable bonds is 3. The van der Waals surface area contributed by atoms with Gasteiger partial charge in [-0.3, -0.25) is 10.1 Å². The average molecular weight is 317 g/mol. The summed E-state index contributed by atoms with van der Waals surface area (Å²) in [5.74, 6) is 1.36. The van der Waals surface area contributed by atoms with Gasteiger partial charge in [0.2, 0.25) is 10.0 Å². The van der Waals surface area contributed by atoms with Gasteiger partial charge in [0.15, 0.2) is 4.90 Å². The number of thioether (sulfide) groups is 1. The van der Waals surface area contributed by atoms with Crippen LogP contribution in [0.2, 0.25) is 0 Å². The van der Waals surface area contributed by atoms with Gasteiger partial charge in [-0.25, -0.2) is 8.42 Å². The first-order valence-corrected chi connectivity index (χ1v) is 8.57. The molecule has 1 aromatic carbocycles. The standard InChI is InChI=1S/C11H15N3O4S2/c1-8-7-19-6-5-13(8)20(17,18)10-4-2-3-9(12)11(10)14(15)16/h2-4,8H,5-7,12H2,1H3. The molecule has 1 atom stereocenters. The van der Waals surface area contributed by atoms with E-state index in [1.165, 1.54) is 22.5 Å². The largest absolute Gasteiger partial charge is 0.393 e. The first kappa shape index (κ1) is 15.1. The van der Waals surface area contributed by atoms with Crippen LogP contribution in [0.25, 0.3) is 0 Å². The van der Waals surface area contributed by atoms with Crippen molar-refractivity contribution >= 4 is 33.2 Å². The maximum atomic E-state index is 12.6. The van der Waals surface area contributed by atoms with Crippen LogP contribution in [0, 0.1) is 10.1 Å². The molecule has 0 radical (unpaired) electrons. The number of nitro benzene ring substituents is 1. The fourth-order valence-corrected chi connectivity index (χ4v) is 5.18. The molecule has 20 heavy (non-hydrogen) atoms. The van der Waals surface area contributed by atoms with Crippen LogP contribution in [0.5, 0.6) is 0 Å². The minimum Gasteiger partial charge on any atom is -0.393 e. The Balaban J connectivity index is 2.55. The molecule has 1 unspecified atom stereocenters. The van der Waals surface area contributed by atoms with Crippen molar-refractivity contribution in [2.24, 2.45) is 0 Å². The van der Waals surface area contributed by atoms with Gasteiger partial charge in [0.25, 0.3) is 0 Å². The van der Waals surface area contributed by atoms with E-state index in [1.54, 1.807) is 18.7 Å². The molecule has 7 nitrogen and oxygen atoms in total. The highest BCUT2D eigenvalue weighted by atomic mass is 32.2. The number of anilines is 1. The van der Waals surface area contributed by atoms with E-state index >= 15 is 0 Å². The molecule has 0 aromatic heterocycles. The summed E-state index contributed by atoms with van der Waals surface area (Å²) in [4.78, 5) is 10.0. The van der Waals surface area contributed by atoms with Crippen molar-refractivity contribution in [3.8, 4) is 0 Å². The van der Waals surface area contributed by atoms with Crippen molar-refractivity contribution in [2.75, 3.05) is 23.8 Å². The number of nitro groups is 1. The summed E-state index contributed by atoms with van der Waals surface area (Å²) in [6, 6.07) is 3.78. The van der Waals surface area contributed by atoms with E-state index < -0.39 is 20.6 Å². The fraction of sp³-hybridized carbons (Fsp3) is 0.455. The van der Waals surface area contributed by atoms with Gasteiger partial charge in [0.1, 0.15) is 5.69 Å². The van der Waals surface area contributed by atoms with Crippen LogP contribution < -0.4 is 5.73 Å². The van der Waals surface area contributed by atoms with Gasteiger partial charge in [-0.15, -0.1) is 0 Å². The molecule has 2 N–H and O–H groups in total. The monoisotopic (exact) mass is 317 g/mol. The maximum Gasteiger partial charge on any atom is 0.312 e. The third kappa shape index (κ3) is 2.60. The SMILES string of the molecule is CC1CSCCN1S(=O)(=O)c1cccc(N)c1[N+](=O)[O-]. The van der Waals surface area contributed by atoms with Crippen molar-refractivity contribution in [2.45, 2.75) is 17.9 Å². The van der Waals surface area contributed by atoms with Crippen LogP contribution in [-0.2, 0) is 10.0 Å². The minimum absolute atomic E-state index is 0.143. The molecule has 0 saturated carbocycles. The number of hydrogen-bond acceptors (Lipinski definition) is 6. The van der Waals surface area contributed by atoms with E-state index in [0.717, 1.165) is 0 Å². The van der Waals surface area contributed by atoms with Crippen LogP contribution >= 0.6 is 11.8 Å². The molecule has 0 amide bonds. The van der Waals surface area contributed by atoms with Gasteiger partial charge in [0.05, 0.1) is 4.92 Å². The highest BCUT2D eigenvalue weighted by molar-refractivity contribution is 7.99. The van der Waals surface area contributed by atoms with Crippen LogP contribution in [0.1, 0.15) is 6.92 Å². The molecule has 0 bridgehead atoms. The quantitative estimate of drug-likeness (QED) is 0.511. The average Bonchev–Trinajstić information content (AvgIpc) is 2.38. The molecule has 1 aliphatic heterocycles. The highest BCUT2D eigenvalue weighted by Gasteiger charge is 2.36. The van der Waals surface area contributed by atoms with Crippen molar-refractivity contribution in [1.82, 2.24) is 4.31 Å². The van der Waals surface area contributed by atoms with E-state index in [1.807, 2.05) is 0 Å². The molecule has 0 spiro atoms. The molecule has 1 aromatic rings. The number of nitrogens with two attached hydrogens (primary N) is 1. The predicted octanol–water partition coefficient (Wildman–Crippen LogP) is 1.30. The summed E-state index contributed by atoms with van der Waals surface area (Å²) in [6.45, 7) is 2.14. The Kier molecular flexibility index (Phi) is 4.21. The van der Waals surface area contributed by atoms with Crippen LogP contribution in [0.3, 0.4) is 0 Å². The summed E-state index contributed by atoms with van der Waals surface area (Å²) in [7, 11) is -3.91. The maximum absolute atomic E-state index is 12.6. The number of sulfonamides is 1. The first-order valence-electron chi connectivity index (χ1n) is 5.98. The van der Waals surface area contributed by atoms with Crippen LogP contribution in [0.15, 0.2) is 23.1 Å². The van der Waals surface area contributed by atoms with Gasteiger partial charge >= 0.3 is 5.69 Å². The van der Waals surface area contributed by atoms with Crippen molar-refractivity contribution in [3.05, 3.63) is 28.3 Å². The molecule has 9 heteroatoms. The van der Waals surface area contributed by atoms with Crippen LogP contribution in [0.4, 0.5) is 11.4 Å². The van der Waals surface area contributed by atoms with Crippen molar-refractivity contribution in [1.29, 1.82) is 0 Å². The molecule has 110 valence electrons. The predicted molar refractivity (Wildman–Crippen MR) is 78.2 cm³/mol. The van der Waals surface area contributed by atoms with Crippen LogP contribution in [-0.4, -0.2) is 41.7 Å². The van der Waals surface area contributed by atoms with E-state index in [4.69, 9.17) is 5.73 Å². The van der Waals surface area contributed by atoms with Crippen molar-refractivity contribution < 1.29 is 13.3 Å². The second kappa shape index (κ2) is 5.58. The second-order valence-corrected chi connectivity index (χ2v) is 7.50. The van der Waals surface area contributed by atoms with Crippen molar-refractivity contribution in [3.63, 3.8) is 0 Å². The Hall–Kier alpha value is -1.32. The summed E-state index contributed by atoms with van der Waals surface area (Å²) in [6.07, 6.45) is 0. The highest BCUT2D eigenvalue weighted by Crippen LogP contribution is 2.33. The lowest BCUT2D eigenvalue weighted by Gasteiger charge is -2.31. The lowest BCUT2D eigenvalue weighted by molar-refractivity contribution is -0.386. The third-order valence-electron chi connectivity index (χ3n) is 3.11. The Bertz CT molecular complexity index is 633. The third-order valence-corrected chi connectivity index (χ3v) is 6.34. The van der Waals surface area contributed by atoms with E-state index in [9.17, 15) is 18.5 Å². The smallest absolute Gasteiger partial charge is 0.312 e. The Morgan fingerprint density at radius 3 is 2.80 bits per heavy atom. The van der Waals surface area contributed by atoms with Gasteiger partial charge in [-0.2, -0.15) is 16.1 Å². The molecule has 2 rings (SSSR count). The summed E-state index contributed by atoms with van der Waals surface area (Å²) in [5.41, 5.74) is 4.87. The lowest BCUT2D eigenvalue weighted by atomic mass is 10.3. The normalized spacial score (nSPS) is 20.8. The zero-order valence-corrected chi connectivity index (χ0v) is 12.5. The van der Waals surface area contributed by atoms with E-state index in [-0.39, 0.29) is 16.6 Å². The number of para-hydroxylation sites is 1. The van der Waals surface area contributed by atoms with E-state index in [2.05, 4.69) is 0 Å². The molecule has 0 aliphatic carbocycles. The van der Waals surface area contributed by atoms with Gasteiger partial charge < -0.3 is 5.73 Å². The summed E-state index contributed by atoms with van der Waals surface area (Å²) < 4.78 is 26.6. The van der Waals surface area contributed by atoms with Gasteiger partial charge in [0, 0.05) is 24.1 Å². The molecule has 1 heterocycles. The molecule has 1 aliphatic rings. The Morgan fingerprint density at radius 1 is 1.50 bits per heavy atom. The zero-order chi connectivity index (χ0) is 14.9. The number of hydrogen-bond donors (Lipinski definition) is 1. The fourth-order valence-electron chi connectivity index (χ4n) is 2.14. The minimum atomic E-state index is -3.91. The number of nitrogen functional groups attached to an aromatic ring is 1. The lowest BCUT2D eigenvalue weighted by Crippen LogP contribution is -2.44. The first-order chi connectivity index (χ1) is 9.35. The number of nitrogens with zero attached hydrogens (tertiary/aromatic N) is 2. The van der Waals surface area contributed by atoms with E-state index in [0.29, 0.717) is 18.1 Å². The zero-order valence-electron chi connectivity index (χ0n) is 10.9. The van der Waals surface area contributed by atoms with Gasteiger partial charge in [-0.05, 0) is 19.1 Å².